The predicted molar refractivity (Wildman–Crippen MR) is 164 cm³/mol. The van der Waals surface area contributed by atoms with E-state index in [0.29, 0.717) is 17.3 Å². The maximum Gasteiger partial charge on any atom is 0.573 e. The highest BCUT2D eigenvalue weighted by Crippen LogP contribution is 2.37. The van der Waals surface area contributed by atoms with Crippen molar-refractivity contribution in [1.82, 2.24) is 15.3 Å². The second-order valence-electron chi connectivity index (χ2n) is 11.4. The molecule has 1 amide bonds. The molecule has 5 rings (SSSR count). The molecular formula is C35H34F3N3O4. The first kappa shape index (κ1) is 31.7. The first-order chi connectivity index (χ1) is 21.6. The summed E-state index contributed by atoms with van der Waals surface area (Å²) >= 11 is 0. The zero-order valence-electron chi connectivity index (χ0n) is 24.8. The van der Waals surface area contributed by atoms with E-state index >= 15 is 0 Å². The van der Waals surface area contributed by atoms with E-state index in [4.69, 9.17) is 0 Å². The minimum Gasteiger partial charge on any atom is -0.480 e. The number of carboxylic acids is 1. The van der Waals surface area contributed by atoms with Gasteiger partial charge < -0.3 is 15.2 Å². The lowest BCUT2D eigenvalue weighted by Gasteiger charge is -2.28. The van der Waals surface area contributed by atoms with Crippen LogP contribution in [-0.2, 0) is 11.2 Å². The minimum absolute atomic E-state index is 0.00279. The number of halogens is 3. The molecule has 1 aliphatic rings. The molecule has 1 aliphatic carbocycles. The standard InChI is InChI=1S/C35H34F3N3O4/c1-2-22-3-7-24(8-4-22)25-11-13-26(14-12-25)29-20-39-32(40-21-29)27-9-5-23(6-10-27)19-31(34(43)44)41-33(42)28-15-17-30(18-16-28)45-35(36,37)38/h5-6,9-18,20-22,24,31H,2-4,7-8,19H2,1H3,(H,41,42)(H,43,44)/t22?,24?,31-/m0/s1. The number of hydrogen-bond donors (Lipinski definition) is 2. The number of aliphatic carboxylic acids is 1. The number of nitrogens with zero attached hydrogens (tertiary/aromatic N) is 2. The molecule has 0 radical (unpaired) electrons. The number of carboxylic acid groups (broad SMARTS) is 1. The van der Waals surface area contributed by atoms with Crippen LogP contribution in [0.1, 0.15) is 66.4 Å². The summed E-state index contributed by atoms with van der Waals surface area (Å²) < 4.78 is 40.9. The molecule has 7 nitrogen and oxygen atoms in total. The van der Waals surface area contributed by atoms with Crippen molar-refractivity contribution in [2.75, 3.05) is 0 Å². The second-order valence-corrected chi connectivity index (χ2v) is 11.4. The molecule has 234 valence electrons. The highest BCUT2D eigenvalue weighted by atomic mass is 19.4. The summed E-state index contributed by atoms with van der Waals surface area (Å²) in [5.74, 6) is -0.445. The van der Waals surface area contributed by atoms with Gasteiger partial charge in [-0.3, -0.25) is 4.79 Å². The number of rotatable bonds is 10. The Morgan fingerprint density at radius 2 is 1.47 bits per heavy atom. The Kier molecular flexibility index (Phi) is 9.80. The monoisotopic (exact) mass is 617 g/mol. The molecule has 2 N–H and O–H groups in total. The van der Waals surface area contributed by atoms with E-state index in [1.807, 2.05) is 0 Å². The lowest BCUT2D eigenvalue weighted by Crippen LogP contribution is -2.42. The molecule has 4 aromatic rings. The van der Waals surface area contributed by atoms with Crippen molar-refractivity contribution in [2.45, 2.75) is 63.8 Å². The van der Waals surface area contributed by atoms with Crippen molar-refractivity contribution in [3.8, 4) is 28.3 Å². The molecule has 0 spiro atoms. The van der Waals surface area contributed by atoms with Gasteiger partial charge in [0.15, 0.2) is 5.82 Å². The third-order valence-electron chi connectivity index (χ3n) is 8.40. The smallest absolute Gasteiger partial charge is 0.480 e. The third kappa shape index (κ3) is 8.47. The Labute approximate surface area is 259 Å². The van der Waals surface area contributed by atoms with Gasteiger partial charge in [0, 0.05) is 35.5 Å². The van der Waals surface area contributed by atoms with E-state index in [0.717, 1.165) is 46.9 Å². The van der Waals surface area contributed by atoms with E-state index in [2.05, 4.69) is 51.2 Å². The highest BCUT2D eigenvalue weighted by molar-refractivity contribution is 5.96. The normalized spacial score (nSPS) is 17.3. The van der Waals surface area contributed by atoms with Crippen molar-refractivity contribution in [2.24, 2.45) is 5.92 Å². The summed E-state index contributed by atoms with van der Waals surface area (Å²) in [6, 6.07) is 18.7. The molecule has 1 aromatic heterocycles. The van der Waals surface area contributed by atoms with Gasteiger partial charge >= 0.3 is 12.3 Å². The Hall–Kier alpha value is -4.73. The van der Waals surface area contributed by atoms with Gasteiger partial charge in [0.2, 0.25) is 0 Å². The van der Waals surface area contributed by atoms with E-state index in [9.17, 15) is 27.9 Å². The summed E-state index contributed by atoms with van der Waals surface area (Å²) in [4.78, 5) is 33.5. The molecule has 1 atom stereocenters. The summed E-state index contributed by atoms with van der Waals surface area (Å²) in [6.45, 7) is 2.28. The summed E-state index contributed by atoms with van der Waals surface area (Å²) in [6.07, 6.45) is 5.09. The van der Waals surface area contributed by atoms with Crippen molar-refractivity contribution < 1.29 is 32.6 Å². The lowest BCUT2D eigenvalue weighted by atomic mass is 9.78. The van der Waals surface area contributed by atoms with Crippen molar-refractivity contribution in [1.29, 1.82) is 0 Å². The molecule has 45 heavy (non-hydrogen) atoms. The van der Waals surface area contributed by atoms with Crippen molar-refractivity contribution in [3.63, 3.8) is 0 Å². The van der Waals surface area contributed by atoms with Crippen LogP contribution in [0.4, 0.5) is 13.2 Å². The predicted octanol–water partition coefficient (Wildman–Crippen LogP) is 7.82. The number of nitrogens with one attached hydrogen (secondary N) is 1. The number of alkyl halides is 3. The fraction of sp³-hybridized carbons (Fsp3) is 0.314. The topological polar surface area (TPSA) is 101 Å². The van der Waals surface area contributed by atoms with E-state index in [1.54, 1.807) is 36.7 Å². The van der Waals surface area contributed by atoms with Crippen molar-refractivity contribution >= 4 is 11.9 Å². The molecule has 1 fully saturated rings. The SMILES string of the molecule is CCC1CCC(c2ccc(-c3cnc(-c4ccc(C[C@H](NC(=O)c5ccc(OC(F)(F)F)cc5)C(=O)O)cc4)nc3)cc2)CC1. The second kappa shape index (κ2) is 13.9. The van der Waals surface area contributed by atoms with E-state index < -0.39 is 30.0 Å². The van der Waals surface area contributed by atoms with Gasteiger partial charge in [-0.15, -0.1) is 13.2 Å². The van der Waals surface area contributed by atoms with Gasteiger partial charge in [-0.05, 0) is 78.5 Å². The fourth-order valence-corrected chi connectivity index (χ4v) is 5.75. The number of benzene rings is 3. The summed E-state index contributed by atoms with van der Waals surface area (Å²) in [5.41, 5.74) is 4.76. The number of amides is 1. The highest BCUT2D eigenvalue weighted by Gasteiger charge is 2.31. The lowest BCUT2D eigenvalue weighted by molar-refractivity contribution is -0.274. The molecule has 1 heterocycles. The van der Waals surface area contributed by atoms with Crippen LogP contribution in [0.3, 0.4) is 0 Å². The Bertz CT molecular complexity index is 1580. The minimum atomic E-state index is -4.86. The van der Waals surface area contributed by atoms with Crippen molar-refractivity contribution in [3.05, 3.63) is 102 Å². The maximum atomic E-state index is 12.6. The third-order valence-corrected chi connectivity index (χ3v) is 8.40. The van der Waals surface area contributed by atoms with Crippen LogP contribution in [-0.4, -0.2) is 39.4 Å². The van der Waals surface area contributed by atoms with Crippen LogP contribution < -0.4 is 10.1 Å². The van der Waals surface area contributed by atoms with Gasteiger partial charge in [0.1, 0.15) is 11.8 Å². The van der Waals surface area contributed by atoms with Gasteiger partial charge in [-0.25, -0.2) is 14.8 Å². The van der Waals surface area contributed by atoms with E-state index in [1.165, 1.54) is 37.7 Å². The number of ether oxygens (including phenoxy) is 1. The average molecular weight is 618 g/mol. The molecule has 10 heteroatoms. The first-order valence-electron chi connectivity index (χ1n) is 15.0. The van der Waals surface area contributed by atoms with Gasteiger partial charge in [0.05, 0.1) is 0 Å². The summed E-state index contributed by atoms with van der Waals surface area (Å²) in [7, 11) is 0. The van der Waals surface area contributed by atoms with Crippen LogP contribution in [0.15, 0.2) is 85.2 Å². The molecule has 1 saturated carbocycles. The fourth-order valence-electron chi connectivity index (χ4n) is 5.75. The number of carbonyl (C=O) groups is 2. The largest absolute Gasteiger partial charge is 0.573 e. The van der Waals surface area contributed by atoms with E-state index in [-0.39, 0.29) is 12.0 Å². The van der Waals surface area contributed by atoms with Crippen LogP contribution in [0.25, 0.3) is 22.5 Å². The number of carbonyl (C=O) groups excluding carboxylic acids is 1. The quantitative estimate of drug-likeness (QED) is 0.188. The number of hydrogen-bond acceptors (Lipinski definition) is 5. The van der Waals surface area contributed by atoms with Crippen LogP contribution in [0.5, 0.6) is 5.75 Å². The van der Waals surface area contributed by atoms with Crippen LogP contribution >= 0.6 is 0 Å². The average Bonchev–Trinajstić information content (AvgIpc) is 3.04. The first-order valence-corrected chi connectivity index (χ1v) is 15.0. The maximum absolute atomic E-state index is 12.6. The Morgan fingerprint density at radius 1 is 0.867 bits per heavy atom. The Balaban J connectivity index is 1.18. The number of aromatic nitrogens is 2. The molecule has 0 bridgehead atoms. The van der Waals surface area contributed by atoms with Crippen LogP contribution in [0.2, 0.25) is 0 Å². The molecule has 0 aliphatic heterocycles. The Morgan fingerprint density at radius 3 is 2.02 bits per heavy atom. The zero-order valence-corrected chi connectivity index (χ0v) is 24.8. The molecular weight excluding hydrogens is 583 g/mol. The molecule has 0 unspecified atom stereocenters. The van der Waals surface area contributed by atoms with Gasteiger partial charge in [-0.1, -0.05) is 61.9 Å². The molecule has 0 saturated heterocycles. The van der Waals surface area contributed by atoms with Gasteiger partial charge in [0.25, 0.3) is 5.91 Å². The zero-order chi connectivity index (χ0) is 32.0. The van der Waals surface area contributed by atoms with Crippen LogP contribution in [0, 0.1) is 5.92 Å². The molecule has 3 aromatic carbocycles. The summed E-state index contributed by atoms with van der Waals surface area (Å²) in [5, 5.41) is 12.1. The van der Waals surface area contributed by atoms with Gasteiger partial charge in [-0.2, -0.15) is 0 Å².